The summed E-state index contributed by atoms with van der Waals surface area (Å²) in [7, 11) is 1.88. The molecular weight excluding hydrogens is 416 g/mol. The highest BCUT2D eigenvalue weighted by molar-refractivity contribution is 6.33. The third-order valence-electron chi connectivity index (χ3n) is 6.32. The third kappa shape index (κ3) is 4.39. The Morgan fingerprint density at radius 2 is 2.00 bits per heavy atom. The molecule has 1 atom stereocenters. The first kappa shape index (κ1) is 22.0. The van der Waals surface area contributed by atoms with E-state index < -0.39 is 6.04 Å². The summed E-state index contributed by atoms with van der Waals surface area (Å²) in [5.41, 5.74) is 9.61. The number of amides is 1. The molecule has 1 fully saturated rings. The van der Waals surface area contributed by atoms with Crippen LogP contribution in [0, 0.1) is 19.8 Å². The minimum Gasteiger partial charge on any atom is -0.464 e. The number of ether oxygens (including phenoxy) is 1. The van der Waals surface area contributed by atoms with Gasteiger partial charge in [-0.15, -0.1) is 0 Å². The quantitative estimate of drug-likeness (QED) is 0.648. The molecule has 2 N–H and O–H groups in total. The van der Waals surface area contributed by atoms with Gasteiger partial charge in [0.05, 0.1) is 17.3 Å². The summed E-state index contributed by atoms with van der Waals surface area (Å²) >= 11 is 6.70. The first-order valence-corrected chi connectivity index (χ1v) is 11.4. The smallest absolute Gasteiger partial charge is 0.329 e. The Balaban J connectivity index is 1.72. The molecule has 1 saturated carbocycles. The Morgan fingerprint density at radius 3 is 2.65 bits per heavy atom. The van der Waals surface area contributed by atoms with Crippen molar-refractivity contribution in [3.63, 3.8) is 0 Å². The van der Waals surface area contributed by atoms with Gasteiger partial charge < -0.3 is 15.4 Å². The van der Waals surface area contributed by atoms with Crippen molar-refractivity contribution in [1.82, 2.24) is 10.0 Å². The number of aryl methyl sites for hydroxylation is 2. The van der Waals surface area contributed by atoms with Crippen molar-refractivity contribution in [1.29, 1.82) is 0 Å². The molecule has 1 aromatic rings. The fraction of sp³-hybridized carbons (Fsp3) is 0.565. The highest BCUT2D eigenvalue weighted by Crippen LogP contribution is 2.43. The van der Waals surface area contributed by atoms with Gasteiger partial charge in [0, 0.05) is 32.1 Å². The zero-order chi connectivity index (χ0) is 22.3. The topological polar surface area (TPSA) is 79.1 Å². The molecule has 7 nitrogen and oxygen atoms in total. The SMILES string of the molecule is Cc1cc(C)c(N2CCCC3=C2N(CCC(N)=O)N(C)C3C(=O)OCC2CC2)c(Cl)c1. The first-order valence-electron chi connectivity index (χ1n) is 11.0. The number of halogens is 1. The summed E-state index contributed by atoms with van der Waals surface area (Å²) in [5.74, 6) is 0.837. The molecule has 1 unspecified atom stereocenters. The standard InChI is InChI=1S/C23H31ClN4O3/c1-14-11-15(2)20(18(24)12-14)27-9-4-5-17-21(23(30)31-13-16-6-7-16)26(3)28(22(17)27)10-8-19(25)29/h11-12,16,21H,4-10,13H2,1-3H3,(H2,25,29). The zero-order valence-corrected chi connectivity index (χ0v) is 19.2. The Labute approximate surface area is 188 Å². The third-order valence-corrected chi connectivity index (χ3v) is 6.61. The lowest BCUT2D eigenvalue weighted by Gasteiger charge is -2.38. The van der Waals surface area contributed by atoms with Crippen molar-refractivity contribution < 1.29 is 14.3 Å². The van der Waals surface area contributed by atoms with E-state index in [9.17, 15) is 9.59 Å². The number of primary amides is 1. The van der Waals surface area contributed by atoms with E-state index in [1.807, 2.05) is 30.1 Å². The van der Waals surface area contributed by atoms with Crippen LogP contribution in [0.1, 0.15) is 43.2 Å². The van der Waals surface area contributed by atoms with Crippen molar-refractivity contribution in [3.8, 4) is 0 Å². The van der Waals surface area contributed by atoms with E-state index in [4.69, 9.17) is 22.1 Å². The van der Waals surface area contributed by atoms with E-state index in [-0.39, 0.29) is 18.3 Å². The fourth-order valence-electron chi connectivity index (χ4n) is 4.70. The van der Waals surface area contributed by atoms with Gasteiger partial charge in [-0.3, -0.25) is 9.80 Å². The molecule has 8 heteroatoms. The van der Waals surface area contributed by atoms with Crippen molar-refractivity contribution >= 4 is 29.2 Å². The molecule has 0 radical (unpaired) electrons. The minimum absolute atomic E-state index is 0.194. The second-order valence-electron chi connectivity index (χ2n) is 8.91. The van der Waals surface area contributed by atoms with Crippen LogP contribution in [0.25, 0.3) is 0 Å². The predicted octanol–water partition coefficient (Wildman–Crippen LogP) is 3.13. The minimum atomic E-state index is -0.492. The lowest BCUT2D eigenvalue weighted by Crippen LogP contribution is -2.47. The van der Waals surface area contributed by atoms with Crippen molar-refractivity contribution in [2.75, 3.05) is 31.6 Å². The summed E-state index contributed by atoms with van der Waals surface area (Å²) in [6, 6.07) is 3.59. The van der Waals surface area contributed by atoms with Gasteiger partial charge in [-0.2, -0.15) is 0 Å². The largest absolute Gasteiger partial charge is 0.464 e. The van der Waals surface area contributed by atoms with Crippen LogP contribution in [0.2, 0.25) is 5.02 Å². The molecule has 31 heavy (non-hydrogen) atoms. The number of hydrazine groups is 1. The van der Waals surface area contributed by atoms with E-state index >= 15 is 0 Å². The molecule has 4 rings (SSSR count). The summed E-state index contributed by atoms with van der Waals surface area (Å²) in [6.45, 7) is 5.75. The van der Waals surface area contributed by atoms with Gasteiger partial charge in [0.15, 0.2) is 6.04 Å². The van der Waals surface area contributed by atoms with Crippen LogP contribution in [0.4, 0.5) is 5.69 Å². The number of nitrogens with two attached hydrogens (primary N) is 1. The Hall–Kier alpha value is -2.25. The molecular formula is C23H31ClN4O3. The normalized spacial score (nSPS) is 21.5. The number of hydrogen-bond acceptors (Lipinski definition) is 6. The Kier molecular flexibility index (Phi) is 6.17. The summed E-state index contributed by atoms with van der Waals surface area (Å²) in [5, 5.41) is 4.58. The van der Waals surface area contributed by atoms with E-state index in [1.165, 1.54) is 0 Å². The molecule has 1 aromatic carbocycles. The van der Waals surface area contributed by atoms with Crippen LogP contribution >= 0.6 is 11.6 Å². The number of carbonyl (C=O) groups excluding carboxylic acids is 2. The summed E-state index contributed by atoms with van der Waals surface area (Å²) in [4.78, 5) is 26.8. The van der Waals surface area contributed by atoms with Crippen LogP contribution in [0.15, 0.2) is 23.5 Å². The van der Waals surface area contributed by atoms with Crippen LogP contribution in [-0.4, -0.2) is 54.7 Å². The zero-order valence-electron chi connectivity index (χ0n) is 18.5. The van der Waals surface area contributed by atoms with Gasteiger partial charge in [-0.1, -0.05) is 17.7 Å². The summed E-state index contributed by atoms with van der Waals surface area (Å²) in [6.07, 6.45) is 4.16. The number of likely N-dealkylation sites (N-methyl/N-ethyl adjacent to an activating group) is 1. The first-order chi connectivity index (χ1) is 14.8. The maximum Gasteiger partial charge on any atom is 0.329 e. The van der Waals surface area contributed by atoms with Crippen LogP contribution in [0.5, 0.6) is 0 Å². The predicted molar refractivity (Wildman–Crippen MR) is 120 cm³/mol. The number of hydrogen-bond donors (Lipinski definition) is 1. The molecule has 0 bridgehead atoms. The van der Waals surface area contributed by atoms with E-state index in [2.05, 4.69) is 17.9 Å². The molecule has 3 aliphatic rings. The van der Waals surface area contributed by atoms with Crippen LogP contribution in [-0.2, 0) is 14.3 Å². The number of benzene rings is 1. The molecule has 168 valence electrons. The maximum absolute atomic E-state index is 13.1. The molecule has 0 spiro atoms. The highest BCUT2D eigenvalue weighted by Gasteiger charge is 2.46. The van der Waals surface area contributed by atoms with Crippen molar-refractivity contribution in [3.05, 3.63) is 39.7 Å². The van der Waals surface area contributed by atoms with Gasteiger partial charge in [0.25, 0.3) is 0 Å². The van der Waals surface area contributed by atoms with Crippen LogP contribution < -0.4 is 10.6 Å². The average molecular weight is 447 g/mol. The summed E-state index contributed by atoms with van der Waals surface area (Å²) < 4.78 is 5.67. The second kappa shape index (κ2) is 8.71. The molecule has 2 heterocycles. The molecule has 1 aliphatic carbocycles. The molecule has 0 saturated heterocycles. The molecule has 0 aromatic heterocycles. The highest BCUT2D eigenvalue weighted by atomic mass is 35.5. The number of carbonyl (C=O) groups is 2. The molecule has 2 aliphatic heterocycles. The lowest BCUT2D eigenvalue weighted by atomic mass is 9.98. The van der Waals surface area contributed by atoms with Gasteiger partial charge in [0.1, 0.15) is 5.82 Å². The monoisotopic (exact) mass is 446 g/mol. The van der Waals surface area contributed by atoms with Crippen LogP contribution in [0.3, 0.4) is 0 Å². The van der Waals surface area contributed by atoms with Crippen molar-refractivity contribution in [2.45, 2.75) is 52.0 Å². The van der Waals surface area contributed by atoms with Gasteiger partial charge >= 0.3 is 5.97 Å². The van der Waals surface area contributed by atoms with Gasteiger partial charge in [0.2, 0.25) is 5.91 Å². The number of nitrogens with zero attached hydrogens (tertiary/aromatic N) is 3. The second-order valence-corrected chi connectivity index (χ2v) is 9.31. The average Bonchev–Trinajstić information content (AvgIpc) is 3.47. The van der Waals surface area contributed by atoms with E-state index in [0.717, 1.165) is 60.4 Å². The van der Waals surface area contributed by atoms with E-state index in [0.29, 0.717) is 24.1 Å². The van der Waals surface area contributed by atoms with Gasteiger partial charge in [-0.25, -0.2) is 9.80 Å². The lowest BCUT2D eigenvalue weighted by molar-refractivity contribution is -0.152. The number of rotatable bonds is 7. The maximum atomic E-state index is 13.1. The van der Waals surface area contributed by atoms with Gasteiger partial charge in [-0.05, 0) is 62.6 Å². The molecule has 1 amide bonds. The Bertz CT molecular complexity index is 904. The van der Waals surface area contributed by atoms with E-state index in [1.54, 1.807) is 0 Å². The van der Waals surface area contributed by atoms with Crippen molar-refractivity contribution in [2.24, 2.45) is 11.7 Å². The fourth-order valence-corrected chi connectivity index (χ4v) is 5.13. The number of anilines is 1. The number of esters is 1. The Morgan fingerprint density at radius 1 is 1.26 bits per heavy atom.